The highest BCUT2D eigenvalue weighted by atomic mass is 16.6. The number of hydrogen-bond donors (Lipinski definition) is 1. The van der Waals surface area contributed by atoms with Crippen LogP contribution in [0.25, 0.3) is 0 Å². The van der Waals surface area contributed by atoms with Gasteiger partial charge in [0.1, 0.15) is 6.61 Å². The first kappa shape index (κ1) is 11.3. The summed E-state index contributed by atoms with van der Waals surface area (Å²) in [5.41, 5.74) is 0. The van der Waals surface area contributed by atoms with Crippen molar-refractivity contribution < 1.29 is 14.4 Å². The van der Waals surface area contributed by atoms with Crippen LogP contribution < -0.4 is 5.90 Å². The molecule has 4 heteroatoms. The van der Waals surface area contributed by atoms with Crippen LogP contribution in [0.1, 0.15) is 6.92 Å². The van der Waals surface area contributed by atoms with Crippen molar-refractivity contribution in [2.75, 3.05) is 19.8 Å². The summed E-state index contributed by atoms with van der Waals surface area (Å²) >= 11 is 0. The van der Waals surface area contributed by atoms with Gasteiger partial charge in [-0.05, 0) is 0 Å². The largest absolute Gasteiger partial charge is 0.371 e. The Bertz CT molecular complexity index is 147. The fraction of sp³-hybridized carbons (Fsp3) is 0.625. The summed E-state index contributed by atoms with van der Waals surface area (Å²) in [6.45, 7) is 6.02. The van der Waals surface area contributed by atoms with Crippen LogP contribution in [0.15, 0.2) is 12.7 Å². The Morgan fingerprint density at radius 3 is 2.83 bits per heavy atom. The molecule has 1 unspecified atom stereocenters. The molecule has 0 aromatic carbocycles. The average molecular weight is 173 g/mol. The fourth-order valence-electron chi connectivity index (χ4n) is 0.543. The van der Waals surface area contributed by atoms with E-state index in [1.165, 1.54) is 0 Å². The molecule has 2 N–H and O–H groups in total. The lowest BCUT2D eigenvalue weighted by Crippen LogP contribution is -2.18. The van der Waals surface area contributed by atoms with Crippen molar-refractivity contribution in [1.29, 1.82) is 0 Å². The molecular formula is C8H15NO3. The summed E-state index contributed by atoms with van der Waals surface area (Å²) in [7, 11) is 0. The van der Waals surface area contributed by atoms with Gasteiger partial charge in [0, 0.05) is 5.92 Å². The molecule has 0 fully saturated rings. The molecule has 0 aliphatic carbocycles. The molecule has 12 heavy (non-hydrogen) atoms. The Labute approximate surface area is 72.3 Å². The second-order valence-corrected chi connectivity index (χ2v) is 2.41. The van der Waals surface area contributed by atoms with Crippen LogP contribution in [0.5, 0.6) is 0 Å². The van der Waals surface area contributed by atoms with Crippen molar-refractivity contribution in [3.05, 3.63) is 12.7 Å². The summed E-state index contributed by atoms with van der Waals surface area (Å²) < 4.78 is 4.96. The molecule has 0 aliphatic rings. The van der Waals surface area contributed by atoms with E-state index in [0.29, 0.717) is 13.2 Å². The number of nitrogens with two attached hydrogens (primary N) is 1. The molecule has 1 atom stereocenters. The van der Waals surface area contributed by atoms with Crippen molar-refractivity contribution in [2.24, 2.45) is 11.8 Å². The van der Waals surface area contributed by atoms with Gasteiger partial charge < -0.3 is 9.57 Å². The zero-order valence-corrected chi connectivity index (χ0v) is 7.29. The lowest BCUT2D eigenvalue weighted by Gasteiger charge is -2.05. The molecule has 0 aliphatic heterocycles. The maximum atomic E-state index is 11.1. The molecule has 0 aromatic rings. The zero-order chi connectivity index (χ0) is 9.40. The molecule has 70 valence electrons. The number of ether oxygens (including phenoxy) is 1. The number of rotatable bonds is 7. The molecule has 0 spiro atoms. The van der Waals surface area contributed by atoms with Gasteiger partial charge in [-0.2, -0.15) is 0 Å². The summed E-state index contributed by atoms with van der Waals surface area (Å²) in [6.07, 6.45) is 1.59. The molecule has 0 amide bonds. The quantitative estimate of drug-likeness (QED) is 0.341. The summed E-state index contributed by atoms with van der Waals surface area (Å²) in [4.78, 5) is 15.3. The van der Waals surface area contributed by atoms with Crippen LogP contribution in [0, 0.1) is 5.92 Å². The van der Waals surface area contributed by atoms with Crippen LogP contribution >= 0.6 is 0 Å². The third-order valence-electron chi connectivity index (χ3n) is 1.45. The van der Waals surface area contributed by atoms with Crippen LogP contribution in [-0.4, -0.2) is 25.6 Å². The topological polar surface area (TPSA) is 61.5 Å². The molecule has 0 rings (SSSR count). The van der Waals surface area contributed by atoms with Crippen molar-refractivity contribution >= 4 is 5.78 Å². The summed E-state index contributed by atoms with van der Waals surface area (Å²) in [6, 6.07) is 0. The van der Waals surface area contributed by atoms with Gasteiger partial charge in [-0.3, -0.25) is 4.79 Å². The minimum atomic E-state index is -0.149. The lowest BCUT2D eigenvalue weighted by atomic mass is 10.1. The second kappa shape index (κ2) is 6.97. The second-order valence-electron chi connectivity index (χ2n) is 2.41. The van der Waals surface area contributed by atoms with E-state index in [1.807, 2.05) is 0 Å². The van der Waals surface area contributed by atoms with E-state index < -0.39 is 0 Å². The van der Waals surface area contributed by atoms with Gasteiger partial charge in [0.25, 0.3) is 0 Å². The predicted molar refractivity (Wildman–Crippen MR) is 45.3 cm³/mol. The Balaban J connectivity index is 3.37. The molecule has 0 radical (unpaired) electrons. The van der Waals surface area contributed by atoms with E-state index >= 15 is 0 Å². The van der Waals surface area contributed by atoms with E-state index in [-0.39, 0.29) is 18.3 Å². The fourth-order valence-corrected chi connectivity index (χ4v) is 0.543. The van der Waals surface area contributed by atoms with Crippen LogP contribution in [0.2, 0.25) is 0 Å². The van der Waals surface area contributed by atoms with Crippen molar-refractivity contribution in [3.63, 3.8) is 0 Å². The minimum Gasteiger partial charge on any atom is -0.371 e. The smallest absolute Gasteiger partial charge is 0.164 e. The standard InChI is InChI=1S/C8H15NO3/c1-3-7(2)8(10)6-11-4-5-12-9/h3,7H,1,4-6,9H2,2H3. The van der Waals surface area contributed by atoms with E-state index in [2.05, 4.69) is 11.4 Å². The molecule has 0 saturated carbocycles. The van der Waals surface area contributed by atoms with E-state index in [4.69, 9.17) is 10.6 Å². The molecule has 0 saturated heterocycles. The highest BCUT2D eigenvalue weighted by Crippen LogP contribution is 1.97. The molecule has 0 aromatic heterocycles. The van der Waals surface area contributed by atoms with Crippen molar-refractivity contribution in [3.8, 4) is 0 Å². The maximum absolute atomic E-state index is 11.1. The van der Waals surface area contributed by atoms with Gasteiger partial charge in [0.2, 0.25) is 0 Å². The number of carbonyl (C=O) groups excluding carboxylic acids is 1. The number of hydrogen-bond acceptors (Lipinski definition) is 4. The lowest BCUT2D eigenvalue weighted by molar-refractivity contribution is -0.126. The van der Waals surface area contributed by atoms with Gasteiger partial charge in [-0.1, -0.05) is 13.0 Å². The monoisotopic (exact) mass is 173 g/mol. The maximum Gasteiger partial charge on any atom is 0.164 e. The third-order valence-corrected chi connectivity index (χ3v) is 1.45. The average Bonchev–Trinajstić information content (AvgIpc) is 2.10. The van der Waals surface area contributed by atoms with E-state index in [1.54, 1.807) is 13.0 Å². The van der Waals surface area contributed by atoms with Gasteiger partial charge >= 0.3 is 0 Å². The van der Waals surface area contributed by atoms with Crippen LogP contribution in [0.4, 0.5) is 0 Å². The van der Waals surface area contributed by atoms with Crippen molar-refractivity contribution in [2.45, 2.75) is 6.92 Å². The van der Waals surface area contributed by atoms with Gasteiger partial charge in [0.05, 0.1) is 13.2 Å². The normalized spacial score (nSPS) is 12.5. The molecule has 0 heterocycles. The van der Waals surface area contributed by atoms with Crippen molar-refractivity contribution in [1.82, 2.24) is 0 Å². The first-order valence-electron chi connectivity index (χ1n) is 3.77. The Hall–Kier alpha value is -0.710. The first-order chi connectivity index (χ1) is 5.72. The SMILES string of the molecule is C=CC(C)C(=O)COCCON. The molecule has 0 bridgehead atoms. The summed E-state index contributed by atoms with van der Waals surface area (Å²) in [5, 5.41) is 0. The highest BCUT2D eigenvalue weighted by Gasteiger charge is 2.07. The van der Waals surface area contributed by atoms with Gasteiger partial charge in [-0.25, -0.2) is 5.90 Å². The van der Waals surface area contributed by atoms with E-state index in [9.17, 15) is 4.79 Å². The van der Waals surface area contributed by atoms with Gasteiger partial charge in [0.15, 0.2) is 5.78 Å². The third kappa shape index (κ3) is 5.01. The molecule has 4 nitrogen and oxygen atoms in total. The Kier molecular flexibility index (Phi) is 6.55. The van der Waals surface area contributed by atoms with E-state index in [0.717, 1.165) is 0 Å². The first-order valence-corrected chi connectivity index (χ1v) is 3.77. The number of carbonyl (C=O) groups is 1. The Morgan fingerprint density at radius 1 is 1.67 bits per heavy atom. The molecular weight excluding hydrogens is 158 g/mol. The Morgan fingerprint density at radius 2 is 2.33 bits per heavy atom. The van der Waals surface area contributed by atoms with Gasteiger partial charge in [-0.15, -0.1) is 6.58 Å². The number of ketones is 1. The number of allylic oxidation sites excluding steroid dienone is 1. The van der Waals surface area contributed by atoms with Crippen LogP contribution in [0.3, 0.4) is 0 Å². The summed E-state index contributed by atoms with van der Waals surface area (Å²) in [5.74, 6) is 4.62. The zero-order valence-electron chi connectivity index (χ0n) is 7.29. The predicted octanol–water partition coefficient (Wildman–Crippen LogP) is 0.285. The van der Waals surface area contributed by atoms with Crippen LogP contribution in [-0.2, 0) is 14.4 Å². The minimum absolute atomic E-state index is 0.0158. The highest BCUT2D eigenvalue weighted by molar-refractivity contribution is 5.83. The number of Topliss-reactive ketones (excluding diaryl/α,β-unsaturated/α-hetero) is 1.